The number of fused-ring (bicyclic) bond motifs is 1. The van der Waals surface area contributed by atoms with Gasteiger partial charge in [-0.2, -0.15) is 0 Å². The summed E-state index contributed by atoms with van der Waals surface area (Å²) in [5.41, 5.74) is 3.33. The van der Waals surface area contributed by atoms with Crippen molar-refractivity contribution in [2.24, 2.45) is 5.92 Å². The maximum atomic E-state index is 4.50. The first kappa shape index (κ1) is 11.2. The van der Waals surface area contributed by atoms with E-state index in [1.807, 2.05) is 0 Å². The maximum absolute atomic E-state index is 4.50. The predicted molar refractivity (Wildman–Crippen MR) is 71.5 cm³/mol. The fraction of sp³-hybridized carbons (Fsp3) is 0.538. The van der Waals surface area contributed by atoms with Crippen molar-refractivity contribution in [2.45, 2.75) is 32.1 Å². The summed E-state index contributed by atoms with van der Waals surface area (Å²) in [5.74, 6) is 0.850. The van der Waals surface area contributed by atoms with Gasteiger partial charge in [0.05, 0.1) is 0 Å². The predicted octanol–water partition coefficient (Wildman–Crippen LogP) is 2.68. The molecule has 0 saturated heterocycles. The van der Waals surface area contributed by atoms with Crippen molar-refractivity contribution in [3.8, 4) is 0 Å². The van der Waals surface area contributed by atoms with Gasteiger partial charge in [0, 0.05) is 0 Å². The Kier molecular flexibility index (Phi) is 3.44. The van der Waals surface area contributed by atoms with Gasteiger partial charge in [0.15, 0.2) is 0 Å². The van der Waals surface area contributed by atoms with E-state index in [1.54, 1.807) is 0 Å². The van der Waals surface area contributed by atoms with Crippen molar-refractivity contribution in [2.75, 3.05) is 11.9 Å². The SMILES string of the molecule is c1cc(NCC2CCCCC2)c2n[se]nc2c1. The van der Waals surface area contributed by atoms with E-state index in [9.17, 15) is 0 Å². The third kappa shape index (κ3) is 2.53. The zero-order chi connectivity index (χ0) is 11.5. The van der Waals surface area contributed by atoms with Crippen molar-refractivity contribution < 1.29 is 0 Å². The van der Waals surface area contributed by atoms with Crippen LogP contribution in [-0.4, -0.2) is 29.5 Å². The summed E-state index contributed by atoms with van der Waals surface area (Å²) < 4.78 is 8.91. The van der Waals surface area contributed by atoms with Crippen LogP contribution in [0.5, 0.6) is 0 Å². The molecular formula is C13H17N3Se. The molecule has 0 aliphatic heterocycles. The van der Waals surface area contributed by atoms with E-state index >= 15 is 0 Å². The molecule has 1 aliphatic carbocycles. The molecule has 1 saturated carbocycles. The molecular weight excluding hydrogens is 277 g/mol. The van der Waals surface area contributed by atoms with Crippen LogP contribution in [0, 0.1) is 5.92 Å². The second kappa shape index (κ2) is 5.19. The summed E-state index contributed by atoms with van der Waals surface area (Å²) in [6.07, 6.45) is 7.00. The molecule has 90 valence electrons. The van der Waals surface area contributed by atoms with E-state index in [0.29, 0.717) is 0 Å². The summed E-state index contributed by atoms with van der Waals surface area (Å²) in [6, 6.07) is 6.25. The monoisotopic (exact) mass is 295 g/mol. The van der Waals surface area contributed by atoms with Crippen LogP contribution in [-0.2, 0) is 0 Å². The molecule has 0 amide bonds. The Morgan fingerprint density at radius 2 is 2.06 bits per heavy atom. The van der Waals surface area contributed by atoms with Crippen LogP contribution in [0.1, 0.15) is 32.1 Å². The average molecular weight is 294 g/mol. The second-order valence-electron chi connectivity index (χ2n) is 4.82. The van der Waals surface area contributed by atoms with E-state index in [2.05, 4.69) is 31.5 Å². The molecule has 4 heteroatoms. The second-order valence-corrected chi connectivity index (χ2v) is 5.93. The Morgan fingerprint density at radius 1 is 1.18 bits per heavy atom. The van der Waals surface area contributed by atoms with Gasteiger partial charge in [-0.3, -0.25) is 0 Å². The summed E-state index contributed by atoms with van der Waals surface area (Å²) >= 11 is 0.0744. The standard InChI is InChI=1S/C13H17N3Se/c1-2-5-10(6-3-1)9-14-11-7-4-8-12-13(11)16-17-15-12/h4,7-8,10,14H,1-3,5-6,9H2. The Labute approximate surface area is 108 Å². The molecule has 1 heterocycles. The molecule has 0 spiro atoms. The van der Waals surface area contributed by atoms with Crippen molar-refractivity contribution in [3.63, 3.8) is 0 Å². The molecule has 0 atom stereocenters. The van der Waals surface area contributed by atoms with Crippen LogP contribution in [0.3, 0.4) is 0 Å². The normalized spacial score (nSPS) is 17.4. The van der Waals surface area contributed by atoms with Crippen LogP contribution >= 0.6 is 0 Å². The van der Waals surface area contributed by atoms with Gasteiger partial charge in [-0.15, -0.1) is 0 Å². The van der Waals surface area contributed by atoms with Crippen LogP contribution in [0.4, 0.5) is 5.69 Å². The molecule has 1 aliphatic rings. The van der Waals surface area contributed by atoms with Gasteiger partial charge in [-0.25, -0.2) is 0 Å². The third-order valence-electron chi connectivity index (χ3n) is 3.59. The van der Waals surface area contributed by atoms with Gasteiger partial charge < -0.3 is 0 Å². The number of benzene rings is 1. The summed E-state index contributed by atoms with van der Waals surface area (Å²) in [6.45, 7) is 1.10. The van der Waals surface area contributed by atoms with E-state index in [1.165, 1.54) is 37.8 Å². The van der Waals surface area contributed by atoms with Crippen molar-refractivity contribution >= 4 is 31.7 Å². The molecule has 3 nitrogen and oxygen atoms in total. The molecule has 0 unspecified atom stereocenters. The average Bonchev–Trinajstić information content (AvgIpc) is 2.86. The van der Waals surface area contributed by atoms with Gasteiger partial charge in [0.2, 0.25) is 0 Å². The molecule has 3 rings (SSSR count). The third-order valence-corrected chi connectivity index (χ3v) is 4.73. The van der Waals surface area contributed by atoms with Crippen LogP contribution in [0.25, 0.3) is 11.0 Å². The zero-order valence-corrected chi connectivity index (χ0v) is 11.6. The van der Waals surface area contributed by atoms with Crippen molar-refractivity contribution in [3.05, 3.63) is 18.2 Å². The van der Waals surface area contributed by atoms with E-state index in [4.69, 9.17) is 0 Å². The quantitative estimate of drug-likeness (QED) is 0.884. The number of rotatable bonds is 3. The molecule has 1 aromatic carbocycles. The van der Waals surface area contributed by atoms with Gasteiger partial charge >= 0.3 is 108 Å². The molecule has 17 heavy (non-hydrogen) atoms. The molecule has 2 aromatic rings. The minimum atomic E-state index is 0.0744. The number of hydrogen-bond acceptors (Lipinski definition) is 3. The summed E-state index contributed by atoms with van der Waals surface area (Å²) in [4.78, 5) is 0. The van der Waals surface area contributed by atoms with Crippen molar-refractivity contribution in [1.82, 2.24) is 7.96 Å². The summed E-state index contributed by atoms with van der Waals surface area (Å²) in [5, 5.41) is 3.57. The van der Waals surface area contributed by atoms with Gasteiger partial charge in [-0.05, 0) is 0 Å². The first-order valence-electron chi connectivity index (χ1n) is 6.38. The van der Waals surface area contributed by atoms with Crippen LogP contribution < -0.4 is 5.32 Å². The van der Waals surface area contributed by atoms with Gasteiger partial charge in [0.1, 0.15) is 0 Å². The van der Waals surface area contributed by atoms with Gasteiger partial charge in [0.25, 0.3) is 0 Å². The Hall–Kier alpha value is -0.861. The van der Waals surface area contributed by atoms with Crippen LogP contribution in [0.15, 0.2) is 18.2 Å². The minimum absolute atomic E-state index is 0.0744. The Balaban J connectivity index is 1.69. The van der Waals surface area contributed by atoms with E-state index in [0.717, 1.165) is 23.5 Å². The number of nitrogens with zero attached hydrogens (tertiary/aromatic N) is 2. The summed E-state index contributed by atoms with van der Waals surface area (Å²) in [7, 11) is 0. The van der Waals surface area contributed by atoms with E-state index < -0.39 is 0 Å². The Morgan fingerprint density at radius 3 is 2.94 bits per heavy atom. The van der Waals surface area contributed by atoms with Crippen molar-refractivity contribution in [1.29, 1.82) is 0 Å². The first-order chi connectivity index (χ1) is 8.43. The molecule has 0 radical (unpaired) electrons. The number of hydrogen-bond donors (Lipinski definition) is 1. The topological polar surface area (TPSA) is 37.8 Å². The number of aromatic nitrogens is 2. The molecule has 1 aromatic heterocycles. The zero-order valence-electron chi connectivity index (χ0n) is 9.85. The molecule has 1 N–H and O–H groups in total. The van der Waals surface area contributed by atoms with E-state index in [-0.39, 0.29) is 15.0 Å². The van der Waals surface area contributed by atoms with Gasteiger partial charge in [-0.1, -0.05) is 0 Å². The number of anilines is 1. The fourth-order valence-corrected chi connectivity index (χ4v) is 3.75. The molecule has 0 bridgehead atoms. The molecule has 1 fully saturated rings. The van der Waals surface area contributed by atoms with Crippen LogP contribution in [0.2, 0.25) is 0 Å². The Bertz CT molecular complexity index is 488. The fourth-order valence-electron chi connectivity index (χ4n) is 2.59. The first-order valence-corrected chi connectivity index (χ1v) is 7.92. The number of nitrogens with one attached hydrogen (secondary N) is 1.